The van der Waals surface area contributed by atoms with Gasteiger partial charge in [0, 0.05) is 19.7 Å². The molecule has 0 aromatic rings. The Morgan fingerprint density at radius 1 is 1.59 bits per heavy atom. The van der Waals surface area contributed by atoms with Gasteiger partial charge in [-0.05, 0) is 26.7 Å². The summed E-state index contributed by atoms with van der Waals surface area (Å²) < 4.78 is 5.46. The fourth-order valence-electron chi connectivity index (χ4n) is 1.67. The van der Waals surface area contributed by atoms with Crippen molar-refractivity contribution in [1.29, 1.82) is 0 Å². The van der Waals surface area contributed by atoms with Crippen molar-refractivity contribution in [3.63, 3.8) is 0 Å². The van der Waals surface area contributed by atoms with Gasteiger partial charge in [0.25, 0.3) is 0 Å². The Hall–Kier alpha value is -0.810. The Labute approximate surface area is 106 Å². The lowest BCUT2D eigenvalue weighted by Gasteiger charge is -2.24. The second-order valence-corrected chi connectivity index (χ2v) is 4.74. The molecule has 2 atom stereocenters. The van der Waals surface area contributed by atoms with Crippen LogP contribution in [0.2, 0.25) is 0 Å². The van der Waals surface area contributed by atoms with Gasteiger partial charge in [-0.2, -0.15) is 0 Å². The van der Waals surface area contributed by atoms with Gasteiger partial charge in [-0.1, -0.05) is 0 Å². The largest absolute Gasteiger partial charge is 0.376 e. The molecule has 0 aliphatic carbocycles. The van der Waals surface area contributed by atoms with Crippen molar-refractivity contribution in [3.05, 3.63) is 0 Å². The average Bonchev–Trinajstić information content (AvgIpc) is 2.78. The van der Waals surface area contributed by atoms with Gasteiger partial charge < -0.3 is 9.64 Å². The van der Waals surface area contributed by atoms with Gasteiger partial charge in [0.15, 0.2) is 0 Å². The molecule has 1 saturated heterocycles. The third kappa shape index (κ3) is 4.52. The summed E-state index contributed by atoms with van der Waals surface area (Å²) >= 11 is 5.58. The van der Waals surface area contributed by atoms with Crippen LogP contribution in [-0.2, 0) is 9.53 Å². The topological polar surface area (TPSA) is 58.6 Å². The molecule has 5 nitrogen and oxygen atoms in total. The lowest BCUT2D eigenvalue weighted by molar-refractivity contribution is -0.119. The maximum Gasteiger partial charge on any atom is 0.324 e. The lowest BCUT2D eigenvalue weighted by atomic mass is 10.2. The van der Waals surface area contributed by atoms with Gasteiger partial charge in [-0.15, -0.1) is 11.6 Å². The van der Waals surface area contributed by atoms with E-state index in [-0.39, 0.29) is 6.10 Å². The van der Waals surface area contributed by atoms with Gasteiger partial charge in [0.1, 0.15) is 5.38 Å². The van der Waals surface area contributed by atoms with Gasteiger partial charge in [-0.3, -0.25) is 10.1 Å². The number of rotatable bonds is 4. The van der Waals surface area contributed by atoms with Crippen LogP contribution < -0.4 is 5.32 Å². The van der Waals surface area contributed by atoms with Crippen molar-refractivity contribution in [2.45, 2.75) is 38.2 Å². The zero-order chi connectivity index (χ0) is 12.8. The van der Waals surface area contributed by atoms with Crippen LogP contribution in [0.5, 0.6) is 0 Å². The normalized spacial score (nSPS) is 21.0. The smallest absolute Gasteiger partial charge is 0.324 e. The minimum absolute atomic E-state index is 0.0872. The molecule has 1 aliphatic rings. The fraction of sp³-hybridized carbons (Fsp3) is 0.818. The summed E-state index contributed by atoms with van der Waals surface area (Å²) in [5.41, 5.74) is 0. The molecule has 0 aromatic carbocycles. The third-order valence-electron chi connectivity index (χ3n) is 2.71. The van der Waals surface area contributed by atoms with E-state index in [9.17, 15) is 9.59 Å². The number of halogens is 1. The summed E-state index contributed by atoms with van der Waals surface area (Å²) in [5, 5.41) is 1.56. The fourth-order valence-corrected chi connectivity index (χ4v) is 1.73. The van der Waals surface area contributed by atoms with E-state index in [0.717, 1.165) is 19.4 Å². The maximum absolute atomic E-state index is 11.8. The van der Waals surface area contributed by atoms with Crippen molar-refractivity contribution < 1.29 is 14.3 Å². The van der Waals surface area contributed by atoms with Crippen LogP contribution in [0.15, 0.2) is 0 Å². The van der Waals surface area contributed by atoms with Gasteiger partial charge in [-0.25, -0.2) is 4.79 Å². The number of imide groups is 1. The maximum atomic E-state index is 11.8. The first-order valence-electron chi connectivity index (χ1n) is 5.90. The molecule has 0 saturated carbocycles. The first kappa shape index (κ1) is 14.3. The highest BCUT2D eigenvalue weighted by Gasteiger charge is 2.23. The Morgan fingerprint density at radius 3 is 2.76 bits per heavy atom. The van der Waals surface area contributed by atoms with Gasteiger partial charge in [0.2, 0.25) is 5.91 Å². The predicted octanol–water partition coefficient (Wildman–Crippen LogP) is 1.35. The third-order valence-corrected chi connectivity index (χ3v) is 2.91. The number of hydrogen-bond donors (Lipinski definition) is 1. The number of nitrogens with zero attached hydrogens (tertiary/aromatic N) is 1. The number of alkyl halides is 1. The highest BCUT2D eigenvalue weighted by Crippen LogP contribution is 2.13. The number of carbonyl (C=O) groups excluding carboxylic acids is 2. The van der Waals surface area contributed by atoms with Crippen molar-refractivity contribution in [1.82, 2.24) is 10.2 Å². The zero-order valence-electron chi connectivity index (χ0n) is 10.2. The van der Waals surface area contributed by atoms with E-state index in [4.69, 9.17) is 16.3 Å². The van der Waals surface area contributed by atoms with Crippen LogP contribution in [0.25, 0.3) is 0 Å². The SMILES string of the molecule is CCN(CC1CCCO1)C(=O)NC(=O)C(C)Cl. The van der Waals surface area contributed by atoms with Crippen molar-refractivity contribution in [2.75, 3.05) is 19.7 Å². The highest BCUT2D eigenvalue weighted by atomic mass is 35.5. The molecule has 0 radical (unpaired) electrons. The number of ether oxygens (including phenoxy) is 1. The Bertz CT molecular complexity index is 278. The van der Waals surface area contributed by atoms with E-state index in [0.29, 0.717) is 13.1 Å². The zero-order valence-corrected chi connectivity index (χ0v) is 11.0. The van der Waals surface area contributed by atoms with Crippen molar-refractivity contribution in [3.8, 4) is 0 Å². The van der Waals surface area contributed by atoms with E-state index < -0.39 is 17.3 Å². The molecule has 1 aliphatic heterocycles. The van der Waals surface area contributed by atoms with Gasteiger partial charge in [0.05, 0.1) is 6.10 Å². The molecule has 1 heterocycles. The van der Waals surface area contributed by atoms with Crippen LogP contribution in [0, 0.1) is 0 Å². The predicted molar refractivity (Wildman–Crippen MR) is 65.1 cm³/mol. The first-order chi connectivity index (χ1) is 8.04. The van der Waals surface area contributed by atoms with Crippen molar-refractivity contribution in [2.24, 2.45) is 0 Å². The average molecular weight is 263 g/mol. The number of carbonyl (C=O) groups is 2. The van der Waals surface area contributed by atoms with Crippen LogP contribution >= 0.6 is 11.6 Å². The molecular weight excluding hydrogens is 244 g/mol. The van der Waals surface area contributed by atoms with Gasteiger partial charge >= 0.3 is 6.03 Å². The molecule has 0 aromatic heterocycles. The standard InChI is InChI=1S/C11H19ClN2O3/c1-3-14(7-9-5-4-6-17-9)11(16)13-10(15)8(2)12/h8-9H,3-7H2,1-2H3,(H,13,15,16). The molecule has 17 heavy (non-hydrogen) atoms. The molecule has 2 unspecified atom stereocenters. The molecule has 0 spiro atoms. The molecule has 3 amide bonds. The van der Waals surface area contributed by atoms with E-state index in [1.165, 1.54) is 6.92 Å². The second-order valence-electron chi connectivity index (χ2n) is 4.08. The Balaban J connectivity index is 2.42. The molecule has 0 bridgehead atoms. The van der Waals surface area contributed by atoms with Crippen molar-refractivity contribution >= 4 is 23.5 Å². The number of nitrogens with one attached hydrogen (secondary N) is 1. The van der Waals surface area contributed by atoms with E-state index >= 15 is 0 Å². The number of likely N-dealkylation sites (N-methyl/N-ethyl adjacent to an activating group) is 1. The van der Waals surface area contributed by atoms with Crippen LogP contribution in [0.3, 0.4) is 0 Å². The first-order valence-corrected chi connectivity index (χ1v) is 6.33. The van der Waals surface area contributed by atoms with E-state index in [1.54, 1.807) is 4.90 Å². The summed E-state index contributed by atoms with van der Waals surface area (Å²) in [6, 6.07) is -0.402. The van der Waals surface area contributed by atoms with Crippen LogP contribution in [0.1, 0.15) is 26.7 Å². The number of hydrogen-bond acceptors (Lipinski definition) is 3. The molecule has 1 fully saturated rings. The van der Waals surface area contributed by atoms with Crippen LogP contribution in [0.4, 0.5) is 4.79 Å². The molecule has 98 valence electrons. The Kier molecular flexibility index (Phi) is 5.71. The summed E-state index contributed by atoms with van der Waals surface area (Å²) in [5.74, 6) is -0.470. The Morgan fingerprint density at radius 2 is 2.29 bits per heavy atom. The molecular formula is C11H19ClN2O3. The number of amides is 3. The summed E-state index contributed by atoms with van der Waals surface area (Å²) in [6.07, 6.45) is 2.08. The van der Waals surface area contributed by atoms with Crippen LogP contribution in [-0.4, -0.2) is 48.0 Å². The van der Waals surface area contributed by atoms with E-state index in [1.807, 2.05) is 6.92 Å². The second kappa shape index (κ2) is 6.81. The summed E-state index contributed by atoms with van der Waals surface area (Å²) in [6.45, 7) is 5.20. The highest BCUT2D eigenvalue weighted by molar-refractivity contribution is 6.31. The monoisotopic (exact) mass is 262 g/mol. The summed E-state index contributed by atoms with van der Waals surface area (Å²) in [4.78, 5) is 24.6. The van der Waals surface area contributed by atoms with E-state index in [2.05, 4.69) is 5.32 Å². The quantitative estimate of drug-likeness (QED) is 0.778. The lowest BCUT2D eigenvalue weighted by Crippen LogP contribution is -2.47. The number of urea groups is 1. The minimum atomic E-state index is -0.708. The minimum Gasteiger partial charge on any atom is -0.376 e. The summed E-state index contributed by atoms with van der Waals surface area (Å²) in [7, 11) is 0. The molecule has 1 N–H and O–H groups in total. The molecule has 1 rings (SSSR count). The molecule has 6 heteroatoms.